The van der Waals surface area contributed by atoms with Gasteiger partial charge < -0.3 is 10.0 Å². The summed E-state index contributed by atoms with van der Waals surface area (Å²) in [7, 11) is 0. The van der Waals surface area contributed by atoms with E-state index >= 15 is 0 Å². The van der Waals surface area contributed by atoms with Crippen molar-refractivity contribution < 1.29 is 5.11 Å². The van der Waals surface area contributed by atoms with Crippen LogP contribution in [0.5, 0.6) is 0 Å². The highest BCUT2D eigenvalue weighted by Crippen LogP contribution is 2.41. The number of rotatable bonds is 1. The van der Waals surface area contributed by atoms with Crippen LogP contribution in [0.15, 0.2) is 18.7 Å². The van der Waals surface area contributed by atoms with Crippen LogP contribution in [-0.4, -0.2) is 39.6 Å². The van der Waals surface area contributed by atoms with Crippen molar-refractivity contribution in [3.63, 3.8) is 0 Å². The summed E-state index contributed by atoms with van der Waals surface area (Å²) in [5.74, 6) is 0.383. The highest BCUT2D eigenvalue weighted by molar-refractivity contribution is 5.19. The molecule has 0 saturated carbocycles. The van der Waals surface area contributed by atoms with Crippen LogP contribution in [0, 0.1) is 5.92 Å². The first-order valence-corrected chi connectivity index (χ1v) is 5.49. The fourth-order valence-corrected chi connectivity index (χ4v) is 2.89. The molecular weight excluding hydrogens is 190 g/mol. The number of piperidine rings is 3. The Morgan fingerprint density at radius 3 is 2.47 bits per heavy atom. The van der Waals surface area contributed by atoms with Crippen LogP contribution in [0.3, 0.4) is 0 Å². The quantitative estimate of drug-likeness (QED) is 0.720. The van der Waals surface area contributed by atoms with Crippen molar-refractivity contribution in [1.29, 1.82) is 0 Å². The zero-order valence-electron chi connectivity index (χ0n) is 8.63. The maximum Gasteiger partial charge on any atom is 0.115 e. The Morgan fingerprint density at radius 1 is 1.27 bits per heavy atom. The van der Waals surface area contributed by atoms with E-state index in [0.717, 1.165) is 38.0 Å². The SMILES string of the molecule is OC1(c2cncnc2)CN2CCC1CC2. The molecule has 2 bridgehead atoms. The van der Waals surface area contributed by atoms with Gasteiger partial charge in [0, 0.05) is 24.5 Å². The van der Waals surface area contributed by atoms with Crippen molar-refractivity contribution in [2.24, 2.45) is 5.92 Å². The maximum absolute atomic E-state index is 10.7. The molecule has 0 amide bonds. The van der Waals surface area contributed by atoms with Gasteiger partial charge >= 0.3 is 0 Å². The van der Waals surface area contributed by atoms with Gasteiger partial charge in [-0.15, -0.1) is 0 Å². The first kappa shape index (κ1) is 9.24. The molecule has 0 radical (unpaired) electrons. The summed E-state index contributed by atoms with van der Waals surface area (Å²) in [4.78, 5) is 10.3. The first-order chi connectivity index (χ1) is 7.29. The van der Waals surface area contributed by atoms with E-state index in [4.69, 9.17) is 0 Å². The number of nitrogens with zero attached hydrogens (tertiary/aromatic N) is 3. The minimum absolute atomic E-state index is 0.383. The standard InChI is InChI=1S/C11H15N3O/c15-11(10-5-12-8-13-6-10)7-14-3-1-9(11)2-4-14/h5-6,8-9,15H,1-4,7H2. The molecule has 0 spiro atoms. The Morgan fingerprint density at radius 2 is 1.93 bits per heavy atom. The second-order valence-electron chi connectivity index (χ2n) is 4.60. The van der Waals surface area contributed by atoms with Gasteiger partial charge in [-0.25, -0.2) is 9.97 Å². The second-order valence-corrected chi connectivity index (χ2v) is 4.60. The predicted molar refractivity (Wildman–Crippen MR) is 55.1 cm³/mol. The lowest BCUT2D eigenvalue weighted by Gasteiger charge is -2.50. The lowest BCUT2D eigenvalue weighted by Crippen LogP contribution is -2.57. The molecule has 4 heteroatoms. The van der Waals surface area contributed by atoms with Crippen molar-refractivity contribution >= 4 is 0 Å². The van der Waals surface area contributed by atoms with Crippen LogP contribution in [0.4, 0.5) is 0 Å². The molecule has 1 aromatic heterocycles. The van der Waals surface area contributed by atoms with Crippen LogP contribution < -0.4 is 0 Å². The zero-order chi connectivity index (χ0) is 10.3. The van der Waals surface area contributed by atoms with Crippen LogP contribution in [-0.2, 0) is 5.60 Å². The van der Waals surface area contributed by atoms with Crippen molar-refractivity contribution in [3.05, 3.63) is 24.3 Å². The summed E-state index contributed by atoms with van der Waals surface area (Å²) in [6.45, 7) is 2.99. The van der Waals surface area contributed by atoms with E-state index in [1.54, 1.807) is 12.4 Å². The molecule has 1 N–H and O–H groups in total. The fraction of sp³-hybridized carbons (Fsp3) is 0.636. The summed E-state index contributed by atoms with van der Waals surface area (Å²) >= 11 is 0. The normalized spacial score (nSPS) is 39.3. The van der Waals surface area contributed by atoms with E-state index in [0.29, 0.717) is 5.92 Å². The minimum atomic E-state index is -0.711. The van der Waals surface area contributed by atoms with Gasteiger partial charge in [0.05, 0.1) is 0 Å². The molecule has 80 valence electrons. The highest BCUT2D eigenvalue weighted by atomic mass is 16.3. The van der Waals surface area contributed by atoms with Crippen LogP contribution >= 0.6 is 0 Å². The molecule has 1 aromatic rings. The van der Waals surface area contributed by atoms with E-state index in [1.807, 2.05) is 0 Å². The number of fused-ring (bicyclic) bond motifs is 3. The van der Waals surface area contributed by atoms with E-state index < -0.39 is 5.60 Å². The van der Waals surface area contributed by atoms with Crippen molar-refractivity contribution in [2.75, 3.05) is 19.6 Å². The average molecular weight is 205 g/mol. The van der Waals surface area contributed by atoms with Crippen LogP contribution in [0.2, 0.25) is 0 Å². The zero-order valence-corrected chi connectivity index (χ0v) is 8.63. The van der Waals surface area contributed by atoms with Crippen molar-refractivity contribution in [1.82, 2.24) is 14.9 Å². The highest BCUT2D eigenvalue weighted by Gasteiger charge is 2.46. The third-order valence-corrected chi connectivity index (χ3v) is 3.79. The summed E-state index contributed by atoms with van der Waals surface area (Å²) in [5.41, 5.74) is 0.164. The Hall–Kier alpha value is -1.00. The molecule has 15 heavy (non-hydrogen) atoms. The van der Waals surface area contributed by atoms with Gasteiger partial charge in [-0.2, -0.15) is 0 Å². The lowest BCUT2D eigenvalue weighted by atomic mass is 9.72. The van der Waals surface area contributed by atoms with E-state index in [1.165, 1.54) is 6.33 Å². The van der Waals surface area contributed by atoms with Gasteiger partial charge in [-0.05, 0) is 31.8 Å². The lowest BCUT2D eigenvalue weighted by molar-refractivity contribution is -0.118. The molecule has 1 unspecified atom stereocenters. The fourth-order valence-electron chi connectivity index (χ4n) is 2.89. The maximum atomic E-state index is 10.7. The third-order valence-electron chi connectivity index (χ3n) is 3.79. The summed E-state index contributed by atoms with van der Waals surface area (Å²) in [6, 6.07) is 0. The molecule has 0 aromatic carbocycles. The Bertz CT molecular complexity index is 348. The van der Waals surface area contributed by atoms with Gasteiger partial charge in [-0.1, -0.05) is 0 Å². The van der Waals surface area contributed by atoms with Gasteiger partial charge in [0.25, 0.3) is 0 Å². The number of aliphatic hydroxyl groups is 1. The van der Waals surface area contributed by atoms with Gasteiger partial charge in [0.1, 0.15) is 11.9 Å². The largest absolute Gasteiger partial charge is 0.383 e. The third kappa shape index (κ3) is 1.36. The number of hydrogen-bond acceptors (Lipinski definition) is 4. The number of aromatic nitrogens is 2. The molecule has 4 rings (SSSR count). The van der Waals surface area contributed by atoms with Gasteiger partial charge in [0.2, 0.25) is 0 Å². The molecule has 3 aliphatic rings. The predicted octanol–water partition coefficient (Wildman–Crippen LogP) is 0.390. The summed E-state index contributed by atoms with van der Waals surface area (Å²) in [6.07, 6.45) is 7.18. The molecule has 1 atom stereocenters. The Labute approximate surface area is 89.0 Å². The van der Waals surface area contributed by atoms with Gasteiger partial charge in [-0.3, -0.25) is 0 Å². The second kappa shape index (κ2) is 3.25. The molecular formula is C11H15N3O. The monoisotopic (exact) mass is 205 g/mol. The minimum Gasteiger partial charge on any atom is -0.383 e. The topological polar surface area (TPSA) is 49.3 Å². The van der Waals surface area contributed by atoms with Crippen LogP contribution in [0.25, 0.3) is 0 Å². The molecule has 4 heterocycles. The number of hydrogen-bond donors (Lipinski definition) is 1. The molecule has 4 nitrogen and oxygen atoms in total. The summed E-state index contributed by atoms with van der Waals surface area (Å²) in [5, 5.41) is 10.7. The van der Waals surface area contributed by atoms with Crippen molar-refractivity contribution in [3.8, 4) is 0 Å². The Balaban J connectivity index is 1.97. The van der Waals surface area contributed by atoms with E-state index in [2.05, 4.69) is 14.9 Å². The smallest absolute Gasteiger partial charge is 0.115 e. The van der Waals surface area contributed by atoms with E-state index in [9.17, 15) is 5.11 Å². The van der Waals surface area contributed by atoms with Crippen molar-refractivity contribution in [2.45, 2.75) is 18.4 Å². The molecule has 3 saturated heterocycles. The Kier molecular flexibility index (Phi) is 2.00. The van der Waals surface area contributed by atoms with E-state index in [-0.39, 0.29) is 0 Å². The average Bonchev–Trinajstić information content (AvgIpc) is 2.31. The van der Waals surface area contributed by atoms with Crippen LogP contribution in [0.1, 0.15) is 18.4 Å². The van der Waals surface area contributed by atoms with Gasteiger partial charge in [0.15, 0.2) is 0 Å². The first-order valence-electron chi connectivity index (χ1n) is 5.49. The molecule has 3 aliphatic heterocycles. The molecule has 0 aliphatic carbocycles. The molecule has 3 fully saturated rings. The summed E-state index contributed by atoms with van der Waals surface area (Å²) < 4.78 is 0.